The largest absolute Gasteiger partial charge is 0.0622 e. The SMILES string of the molecule is Cc1cc(C)c2cccccc1-2. The van der Waals surface area contributed by atoms with E-state index >= 15 is 0 Å². The van der Waals surface area contributed by atoms with Crippen LogP contribution in [-0.4, -0.2) is 0 Å². The quantitative estimate of drug-likeness (QED) is 0.548. The summed E-state index contributed by atoms with van der Waals surface area (Å²) >= 11 is 0. The van der Waals surface area contributed by atoms with E-state index in [0.29, 0.717) is 0 Å². The lowest BCUT2D eigenvalue weighted by atomic mass is 10.1. The van der Waals surface area contributed by atoms with Crippen molar-refractivity contribution in [3.63, 3.8) is 0 Å². The van der Waals surface area contributed by atoms with Crippen LogP contribution in [0.1, 0.15) is 11.1 Å². The van der Waals surface area contributed by atoms with Gasteiger partial charge in [-0.25, -0.2) is 0 Å². The lowest BCUT2D eigenvalue weighted by Crippen LogP contribution is -1.70. The van der Waals surface area contributed by atoms with Crippen molar-refractivity contribution >= 4 is 0 Å². The van der Waals surface area contributed by atoms with Gasteiger partial charge in [-0.1, -0.05) is 36.4 Å². The lowest BCUT2D eigenvalue weighted by molar-refractivity contribution is 1.51. The smallest absolute Gasteiger partial charge is 0.0152 e. The van der Waals surface area contributed by atoms with Gasteiger partial charge in [-0.2, -0.15) is 0 Å². The maximum atomic E-state index is 2.24. The molecule has 0 fully saturated rings. The molecule has 0 aromatic heterocycles. The first-order chi connectivity index (χ1) is 5.79. The molecule has 2 rings (SSSR count). The van der Waals surface area contributed by atoms with Crippen LogP contribution in [0.2, 0.25) is 0 Å². The minimum Gasteiger partial charge on any atom is -0.0622 e. The average molecular weight is 156 g/mol. The maximum absolute atomic E-state index is 2.24. The molecule has 0 heteroatoms. The molecule has 12 heavy (non-hydrogen) atoms. The zero-order chi connectivity index (χ0) is 8.55. The summed E-state index contributed by atoms with van der Waals surface area (Å²) in [5, 5.41) is 0. The van der Waals surface area contributed by atoms with E-state index in [1.807, 2.05) is 0 Å². The summed E-state index contributed by atoms with van der Waals surface area (Å²) in [6.45, 7) is 4.32. The molecule has 0 aliphatic heterocycles. The van der Waals surface area contributed by atoms with Gasteiger partial charge in [-0.3, -0.25) is 0 Å². The molecule has 0 aromatic carbocycles. The first-order valence-corrected chi connectivity index (χ1v) is 4.24. The Balaban J connectivity index is 2.79. The van der Waals surface area contributed by atoms with Crippen molar-refractivity contribution < 1.29 is 0 Å². The summed E-state index contributed by atoms with van der Waals surface area (Å²) in [4.78, 5) is 0. The summed E-state index contributed by atoms with van der Waals surface area (Å²) in [5.74, 6) is 0. The Morgan fingerprint density at radius 2 is 1.25 bits per heavy atom. The van der Waals surface area contributed by atoms with Crippen LogP contribution in [0.3, 0.4) is 0 Å². The molecule has 0 saturated heterocycles. The van der Waals surface area contributed by atoms with E-state index in [9.17, 15) is 0 Å². The number of rotatable bonds is 0. The molecule has 0 heterocycles. The molecule has 0 amide bonds. The molecule has 60 valence electrons. The third-order valence-electron chi connectivity index (χ3n) is 2.32. The lowest BCUT2D eigenvalue weighted by Gasteiger charge is -1.94. The Hall–Kier alpha value is -1.30. The minimum absolute atomic E-state index is 1.37. The van der Waals surface area contributed by atoms with Crippen LogP contribution in [0.25, 0.3) is 11.1 Å². The topological polar surface area (TPSA) is 0 Å². The third-order valence-corrected chi connectivity index (χ3v) is 2.32. The van der Waals surface area contributed by atoms with E-state index in [0.717, 1.165) is 0 Å². The van der Waals surface area contributed by atoms with Crippen LogP contribution >= 0.6 is 0 Å². The number of fused-ring (bicyclic) bond motifs is 1. The summed E-state index contributed by atoms with van der Waals surface area (Å²) in [6.07, 6.45) is 0. The van der Waals surface area contributed by atoms with Gasteiger partial charge in [0.25, 0.3) is 0 Å². The molecule has 0 nitrogen and oxygen atoms in total. The molecule has 2 aliphatic rings. The average Bonchev–Trinajstić information content (AvgIpc) is 2.29. The van der Waals surface area contributed by atoms with Crippen molar-refractivity contribution in [3.8, 4) is 11.1 Å². The highest BCUT2D eigenvalue weighted by molar-refractivity contribution is 5.73. The van der Waals surface area contributed by atoms with Gasteiger partial charge in [0, 0.05) is 0 Å². The predicted molar refractivity (Wildman–Crippen MR) is 52.5 cm³/mol. The highest BCUT2D eigenvalue weighted by atomic mass is 14.1. The molecule has 0 bridgehead atoms. The standard InChI is InChI=1S/C12H12/c1-9-8-10(2)12-7-5-3-4-6-11(9)12/h3-8H,1-2H3. The van der Waals surface area contributed by atoms with Gasteiger partial charge in [0.15, 0.2) is 0 Å². The fourth-order valence-corrected chi connectivity index (χ4v) is 1.72. The van der Waals surface area contributed by atoms with E-state index in [1.54, 1.807) is 0 Å². The van der Waals surface area contributed by atoms with Crippen molar-refractivity contribution in [2.24, 2.45) is 0 Å². The van der Waals surface area contributed by atoms with E-state index in [1.165, 1.54) is 22.3 Å². The molecule has 2 aliphatic carbocycles. The Bertz CT molecular complexity index is 340. The maximum Gasteiger partial charge on any atom is -0.0152 e. The summed E-state index contributed by atoms with van der Waals surface area (Å²) < 4.78 is 0. The number of aryl methyl sites for hydroxylation is 2. The van der Waals surface area contributed by atoms with Crippen LogP contribution in [0, 0.1) is 13.8 Å². The van der Waals surface area contributed by atoms with Crippen LogP contribution in [0.15, 0.2) is 36.4 Å². The van der Waals surface area contributed by atoms with Gasteiger partial charge in [0.05, 0.1) is 0 Å². The molecule has 0 atom stereocenters. The van der Waals surface area contributed by atoms with Gasteiger partial charge in [0.1, 0.15) is 0 Å². The van der Waals surface area contributed by atoms with Gasteiger partial charge >= 0.3 is 0 Å². The molecule has 0 N–H and O–H groups in total. The van der Waals surface area contributed by atoms with E-state index in [-0.39, 0.29) is 0 Å². The van der Waals surface area contributed by atoms with Crippen molar-refractivity contribution in [1.29, 1.82) is 0 Å². The minimum atomic E-state index is 1.37. The normalized spacial score (nSPS) is 10.5. The van der Waals surface area contributed by atoms with Crippen molar-refractivity contribution in [1.82, 2.24) is 0 Å². The summed E-state index contributed by atoms with van der Waals surface area (Å²) in [5.41, 5.74) is 5.49. The summed E-state index contributed by atoms with van der Waals surface area (Å²) in [6, 6.07) is 12.8. The zero-order valence-corrected chi connectivity index (χ0v) is 7.46. The zero-order valence-electron chi connectivity index (χ0n) is 7.46. The van der Waals surface area contributed by atoms with Crippen LogP contribution in [0.4, 0.5) is 0 Å². The van der Waals surface area contributed by atoms with Crippen molar-refractivity contribution in [3.05, 3.63) is 47.5 Å². The Morgan fingerprint density at radius 3 is 1.75 bits per heavy atom. The van der Waals surface area contributed by atoms with Crippen molar-refractivity contribution in [2.75, 3.05) is 0 Å². The molecular formula is C12H12. The first-order valence-electron chi connectivity index (χ1n) is 4.24. The molecule has 0 aromatic rings. The molecule has 0 spiro atoms. The van der Waals surface area contributed by atoms with E-state index < -0.39 is 0 Å². The predicted octanol–water partition coefficient (Wildman–Crippen LogP) is 3.41. The van der Waals surface area contributed by atoms with Gasteiger partial charge < -0.3 is 0 Å². The Labute approximate surface area is 73.2 Å². The highest BCUT2D eigenvalue weighted by Gasteiger charge is 2.06. The number of hydrogen-bond acceptors (Lipinski definition) is 0. The monoisotopic (exact) mass is 156 g/mol. The molecular weight excluding hydrogens is 144 g/mol. The fourth-order valence-electron chi connectivity index (χ4n) is 1.72. The van der Waals surface area contributed by atoms with Gasteiger partial charge in [0.2, 0.25) is 0 Å². The second-order valence-corrected chi connectivity index (χ2v) is 3.25. The Morgan fingerprint density at radius 1 is 0.750 bits per heavy atom. The van der Waals surface area contributed by atoms with Crippen molar-refractivity contribution in [2.45, 2.75) is 13.8 Å². The fraction of sp³-hybridized carbons (Fsp3) is 0.167. The van der Waals surface area contributed by atoms with Crippen LogP contribution < -0.4 is 0 Å². The molecule has 0 saturated carbocycles. The second kappa shape index (κ2) is 2.63. The van der Waals surface area contributed by atoms with Crippen LogP contribution in [0.5, 0.6) is 0 Å². The summed E-state index contributed by atoms with van der Waals surface area (Å²) in [7, 11) is 0. The molecule has 0 unspecified atom stereocenters. The van der Waals surface area contributed by atoms with Gasteiger partial charge in [-0.05, 0) is 36.1 Å². The first kappa shape index (κ1) is 7.35. The number of hydrogen-bond donors (Lipinski definition) is 0. The Kier molecular flexibility index (Phi) is 1.61. The van der Waals surface area contributed by atoms with E-state index in [4.69, 9.17) is 0 Å². The second-order valence-electron chi connectivity index (χ2n) is 3.25. The van der Waals surface area contributed by atoms with E-state index in [2.05, 4.69) is 50.2 Å². The van der Waals surface area contributed by atoms with Gasteiger partial charge in [-0.15, -0.1) is 0 Å². The molecule has 0 radical (unpaired) electrons. The third kappa shape index (κ3) is 1.00. The van der Waals surface area contributed by atoms with Crippen LogP contribution in [-0.2, 0) is 0 Å². The highest BCUT2D eigenvalue weighted by Crippen LogP contribution is 2.29.